The van der Waals surface area contributed by atoms with Gasteiger partial charge in [0.05, 0.1) is 16.6 Å². The molecule has 6 heteroatoms. The zero-order chi connectivity index (χ0) is 21.5. The van der Waals surface area contributed by atoms with Crippen molar-refractivity contribution in [2.75, 3.05) is 0 Å². The van der Waals surface area contributed by atoms with E-state index in [0.29, 0.717) is 27.4 Å². The van der Waals surface area contributed by atoms with Crippen molar-refractivity contribution in [1.29, 1.82) is 0 Å². The molecule has 0 bridgehead atoms. The highest BCUT2D eigenvalue weighted by atomic mass is 35.5. The molecule has 1 N–H and O–H groups in total. The molecular formula is C24H20ClFN2O2. The summed E-state index contributed by atoms with van der Waals surface area (Å²) in [5, 5.41) is 4.35. The molecule has 0 spiro atoms. The first-order valence-corrected chi connectivity index (χ1v) is 9.92. The summed E-state index contributed by atoms with van der Waals surface area (Å²) in [7, 11) is 0. The fraction of sp³-hybridized carbons (Fsp3) is 0.167. The molecule has 0 fully saturated rings. The number of rotatable bonds is 4. The third-order valence-corrected chi connectivity index (χ3v) is 5.55. The molecule has 0 saturated carbocycles. The number of nitrogens with one attached hydrogen (secondary N) is 1. The third-order valence-electron chi connectivity index (χ3n) is 5.24. The summed E-state index contributed by atoms with van der Waals surface area (Å²) < 4.78 is 15.3. The Hall–Kier alpha value is -3.18. The minimum Gasteiger partial charge on any atom is -0.346 e. The maximum atomic E-state index is 13.4. The molecule has 1 aromatic heterocycles. The second-order valence-electron chi connectivity index (χ2n) is 7.75. The number of hydrogen-bond acceptors (Lipinski definition) is 2. The Morgan fingerprint density at radius 2 is 1.57 bits per heavy atom. The Morgan fingerprint density at radius 1 is 1.00 bits per heavy atom. The summed E-state index contributed by atoms with van der Waals surface area (Å²) in [5.41, 5.74) is 1.12. The Kier molecular flexibility index (Phi) is 5.08. The standard InChI is InChI=1S/C24H20ClFN2O2/c1-24(2,18-12-11-15(26)13-19(18)25)27-22(29)14-28-20-9-5-3-7-16(20)23(30)17-8-4-6-10-21(17)28/h3-13H,14H2,1-2H3,(H,27,29). The summed E-state index contributed by atoms with van der Waals surface area (Å²) in [6.45, 7) is 3.64. The summed E-state index contributed by atoms with van der Waals surface area (Å²) in [6.07, 6.45) is 0. The smallest absolute Gasteiger partial charge is 0.240 e. The minimum absolute atomic E-state index is 0.0174. The molecule has 30 heavy (non-hydrogen) atoms. The maximum absolute atomic E-state index is 13.4. The number of aromatic nitrogens is 1. The zero-order valence-electron chi connectivity index (χ0n) is 16.6. The lowest BCUT2D eigenvalue weighted by molar-refractivity contribution is -0.123. The predicted octanol–water partition coefficient (Wildman–Crippen LogP) is 5.00. The molecule has 0 radical (unpaired) electrons. The molecule has 152 valence electrons. The number of hydrogen-bond donors (Lipinski definition) is 1. The van der Waals surface area contributed by atoms with Crippen LogP contribution in [0.25, 0.3) is 21.8 Å². The first-order chi connectivity index (χ1) is 14.3. The minimum atomic E-state index is -0.813. The molecule has 4 rings (SSSR count). The highest BCUT2D eigenvalue weighted by Gasteiger charge is 2.26. The molecule has 3 aromatic carbocycles. The molecule has 4 nitrogen and oxygen atoms in total. The lowest BCUT2D eigenvalue weighted by atomic mass is 9.94. The summed E-state index contributed by atoms with van der Waals surface area (Å²) in [5.74, 6) is -0.684. The van der Waals surface area contributed by atoms with Gasteiger partial charge in [0.25, 0.3) is 0 Å². The molecule has 0 aliphatic heterocycles. The Bertz CT molecular complexity index is 1280. The quantitative estimate of drug-likeness (QED) is 0.470. The number of amides is 1. The molecule has 0 aliphatic rings. The van der Waals surface area contributed by atoms with Crippen molar-refractivity contribution in [2.24, 2.45) is 0 Å². The second-order valence-corrected chi connectivity index (χ2v) is 8.15. The van der Waals surface area contributed by atoms with Gasteiger partial charge in [0.1, 0.15) is 12.4 Å². The fourth-order valence-electron chi connectivity index (χ4n) is 3.84. The average Bonchev–Trinajstić information content (AvgIpc) is 2.70. The lowest BCUT2D eigenvalue weighted by Gasteiger charge is -2.28. The van der Waals surface area contributed by atoms with Gasteiger partial charge in [-0.25, -0.2) is 4.39 Å². The van der Waals surface area contributed by atoms with E-state index >= 15 is 0 Å². The average molecular weight is 423 g/mol. The number of fused-ring (bicyclic) bond motifs is 2. The normalized spacial score (nSPS) is 11.7. The van der Waals surface area contributed by atoms with Crippen LogP contribution in [0, 0.1) is 5.82 Å². The van der Waals surface area contributed by atoms with Gasteiger partial charge in [-0.05, 0) is 55.8 Å². The first kappa shape index (κ1) is 20.1. The summed E-state index contributed by atoms with van der Waals surface area (Å²) >= 11 is 6.20. The van der Waals surface area contributed by atoms with E-state index in [1.54, 1.807) is 18.2 Å². The van der Waals surface area contributed by atoms with Crippen molar-refractivity contribution in [2.45, 2.75) is 25.9 Å². The van der Waals surface area contributed by atoms with Crippen molar-refractivity contribution in [1.82, 2.24) is 9.88 Å². The van der Waals surface area contributed by atoms with E-state index in [1.165, 1.54) is 12.1 Å². The summed E-state index contributed by atoms with van der Waals surface area (Å²) in [4.78, 5) is 25.9. The van der Waals surface area contributed by atoms with Crippen molar-refractivity contribution < 1.29 is 9.18 Å². The lowest BCUT2D eigenvalue weighted by Crippen LogP contribution is -2.43. The van der Waals surface area contributed by atoms with Crippen LogP contribution in [0.1, 0.15) is 19.4 Å². The molecule has 1 heterocycles. The van der Waals surface area contributed by atoms with Crippen molar-refractivity contribution in [3.05, 3.63) is 93.4 Å². The molecule has 0 aliphatic carbocycles. The fourth-order valence-corrected chi connectivity index (χ4v) is 4.25. The van der Waals surface area contributed by atoms with Crippen molar-refractivity contribution >= 4 is 39.3 Å². The predicted molar refractivity (Wildman–Crippen MR) is 118 cm³/mol. The van der Waals surface area contributed by atoms with Crippen LogP contribution in [-0.2, 0) is 16.9 Å². The Morgan fingerprint density at radius 3 is 2.13 bits per heavy atom. The van der Waals surface area contributed by atoms with Gasteiger partial charge < -0.3 is 9.88 Å². The van der Waals surface area contributed by atoms with Gasteiger partial charge in [-0.15, -0.1) is 0 Å². The van der Waals surface area contributed by atoms with Crippen LogP contribution < -0.4 is 10.7 Å². The van der Waals surface area contributed by atoms with E-state index in [2.05, 4.69) is 5.32 Å². The number of carbonyl (C=O) groups is 1. The van der Waals surface area contributed by atoms with E-state index in [4.69, 9.17) is 11.6 Å². The highest BCUT2D eigenvalue weighted by Crippen LogP contribution is 2.28. The van der Waals surface area contributed by atoms with E-state index in [-0.39, 0.29) is 22.9 Å². The third kappa shape index (κ3) is 3.57. The van der Waals surface area contributed by atoms with Gasteiger partial charge >= 0.3 is 0 Å². The van der Waals surface area contributed by atoms with Gasteiger partial charge in [-0.1, -0.05) is 41.9 Å². The van der Waals surface area contributed by atoms with Gasteiger partial charge in [0, 0.05) is 15.8 Å². The van der Waals surface area contributed by atoms with E-state index in [9.17, 15) is 14.0 Å². The largest absolute Gasteiger partial charge is 0.346 e. The molecule has 1 amide bonds. The molecule has 0 saturated heterocycles. The van der Waals surface area contributed by atoms with E-state index in [0.717, 1.165) is 0 Å². The molecular weight excluding hydrogens is 403 g/mol. The van der Waals surface area contributed by atoms with Gasteiger partial charge in [0.15, 0.2) is 5.43 Å². The van der Waals surface area contributed by atoms with Crippen LogP contribution in [0.15, 0.2) is 71.5 Å². The van der Waals surface area contributed by atoms with Crippen LogP contribution in [0.2, 0.25) is 5.02 Å². The van der Waals surface area contributed by atoms with Crippen molar-refractivity contribution in [3.63, 3.8) is 0 Å². The van der Waals surface area contributed by atoms with Crippen LogP contribution >= 0.6 is 11.6 Å². The molecule has 0 atom stereocenters. The number of carbonyl (C=O) groups excluding carboxylic acids is 1. The highest BCUT2D eigenvalue weighted by molar-refractivity contribution is 6.31. The molecule has 4 aromatic rings. The van der Waals surface area contributed by atoms with Crippen LogP contribution in [0.4, 0.5) is 4.39 Å². The summed E-state index contributed by atoms with van der Waals surface area (Å²) in [6, 6.07) is 18.6. The van der Waals surface area contributed by atoms with E-state index in [1.807, 2.05) is 54.8 Å². The van der Waals surface area contributed by atoms with Crippen LogP contribution in [0.5, 0.6) is 0 Å². The monoisotopic (exact) mass is 422 g/mol. The second kappa shape index (κ2) is 7.58. The number of halogens is 2. The van der Waals surface area contributed by atoms with Crippen molar-refractivity contribution in [3.8, 4) is 0 Å². The number of pyridine rings is 1. The maximum Gasteiger partial charge on any atom is 0.240 e. The number of para-hydroxylation sites is 2. The van der Waals surface area contributed by atoms with Gasteiger partial charge in [-0.2, -0.15) is 0 Å². The van der Waals surface area contributed by atoms with Crippen LogP contribution in [-0.4, -0.2) is 10.5 Å². The van der Waals surface area contributed by atoms with E-state index < -0.39 is 11.4 Å². The van der Waals surface area contributed by atoms with Crippen LogP contribution in [0.3, 0.4) is 0 Å². The number of nitrogens with zero attached hydrogens (tertiary/aromatic N) is 1. The van der Waals surface area contributed by atoms with Gasteiger partial charge in [0.2, 0.25) is 5.91 Å². The Labute approximate surface area is 177 Å². The first-order valence-electron chi connectivity index (χ1n) is 9.55. The zero-order valence-corrected chi connectivity index (χ0v) is 17.3. The Balaban J connectivity index is 1.74. The molecule has 0 unspecified atom stereocenters. The topological polar surface area (TPSA) is 51.1 Å². The number of benzene rings is 3. The van der Waals surface area contributed by atoms with Gasteiger partial charge in [-0.3, -0.25) is 9.59 Å². The SMILES string of the molecule is CC(C)(NC(=O)Cn1c2ccccc2c(=O)c2ccccc21)c1ccc(F)cc1Cl.